The van der Waals surface area contributed by atoms with Gasteiger partial charge in [-0.1, -0.05) is 26.3 Å². The first-order valence-corrected chi connectivity index (χ1v) is 5.48. The smallest absolute Gasteiger partial charge is 0.00448 e. The molecule has 0 saturated heterocycles. The van der Waals surface area contributed by atoms with E-state index in [1.807, 2.05) is 0 Å². The largest absolute Gasteiger partial charge is 0.330 e. The van der Waals surface area contributed by atoms with E-state index in [9.17, 15) is 0 Å². The van der Waals surface area contributed by atoms with Crippen LogP contribution in [0, 0.1) is 5.41 Å². The van der Waals surface area contributed by atoms with Gasteiger partial charge in [0.05, 0.1) is 0 Å². The lowest BCUT2D eigenvalue weighted by Gasteiger charge is -2.31. The van der Waals surface area contributed by atoms with Gasteiger partial charge in [-0.15, -0.1) is 6.58 Å². The summed E-state index contributed by atoms with van der Waals surface area (Å²) in [5.74, 6) is 0. The Hall–Kier alpha value is -0.340. The van der Waals surface area contributed by atoms with E-state index < -0.39 is 0 Å². The minimum absolute atomic E-state index is 0.227. The highest BCUT2D eigenvalue weighted by molar-refractivity contribution is 4.89. The molecule has 0 saturated carbocycles. The third-order valence-electron chi connectivity index (χ3n) is 2.51. The van der Waals surface area contributed by atoms with E-state index in [-0.39, 0.29) is 5.41 Å². The van der Waals surface area contributed by atoms with E-state index >= 15 is 0 Å². The Morgan fingerprint density at radius 1 is 1.43 bits per heavy atom. The van der Waals surface area contributed by atoms with Crippen molar-refractivity contribution in [2.45, 2.75) is 34.1 Å². The highest BCUT2D eigenvalue weighted by Crippen LogP contribution is 2.15. The van der Waals surface area contributed by atoms with Crippen LogP contribution in [0.2, 0.25) is 0 Å². The first-order valence-electron chi connectivity index (χ1n) is 5.48. The van der Waals surface area contributed by atoms with Crippen LogP contribution >= 0.6 is 0 Å². The molecule has 0 aromatic carbocycles. The van der Waals surface area contributed by atoms with Crippen molar-refractivity contribution in [3.05, 3.63) is 12.2 Å². The summed E-state index contributed by atoms with van der Waals surface area (Å²) in [5.41, 5.74) is 7.21. The molecule has 0 amide bonds. The fourth-order valence-corrected chi connectivity index (χ4v) is 1.37. The Morgan fingerprint density at radius 2 is 2.00 bits per heavy atom. The van der Waals surface area contributed by atoms with Crippen LogP contribution in [0.5, 0.6) is 0 Å². The number of nitrogens with two attached hydrogens (primary N) is 1. The minimum atomic E-state index is 0.227. The zero-order valence-electron chi connectivity index (χ0n) is 10.3. The molecule has 84 valence electrons. The van der Waals surface area contributed by atoms with Crippen molar-refractivity contribution in [1.29, 1.82) is 0 Å². The van der Waals surface area contributed by atoms with Crippen LogP contribution in [0.1, 0.15) is 34.1 Å². The quantitative estimate of drug-likeness (QED) is 0.636. The second-order valence-electron chi connectivity index (χ2n) is 4.94. The lowest BCUT2D eigenvalue weighted by atomic mass is 9.93. The van der Waals surface area contributed by atoms with Crippen molar-refractivity contribution >= 4 is 0 Å². The molecular formula is C12H26N2. The molecule has 0 aliphatic rings. The minimum Gasteiger partial charge on any atom is -0.330 e. The number of rotatable bonds is 7. The maximum absolute atomic E-state index is 5.72. The van der Waals surface area contributed by atoms with Crippen LogP contribution in [0.15, 0.2) is 12.2 Å². The van der Waals surface area contributed by atoms with Crippen LogP contribution in [0.4, 0.5) is 0 Å². The molecule has 0 aliphatic carbocycles. The number of nitrogens with zero attached hydrogens (tertiary/aromatic N) is 1. The molecule has 0 aliphatic heterocycles. The van der Waals surface area contributed by atoms with Gasteiger partial charge in [-0.25, -0.2) is 0 Å². The highest BCUT2D eigenvalue weighted by atomic mass is 15.1. The van der Waals surface area contributed by atoms with Crippen molar-refractivity contribution in [3.63, 3.8) is 0 Å². The summed E-state index contributed by atoms with van der Waals surface area (Å²) in [6.45, 7) is 16.7. The average molecular weight is 198 g/mol. The Bertz CT molecular complexity index is 173. The molecule has 0 unspecified atom stereocenters. The standard InChI is InChI=1S/C12H26N2/c1-6-14(8-7-11(2)3)10-12(4,5)9-13/h2,6-10,13H2,1,3-5H3. The summed E-state index contributed by atoms with van der Waals surface area (Å²) < 4.78 is 0. The van der Waals surface area contributed by atoms with Gasteiger partial charge in [0.15, 0.2) is 0 Å². The fourth-order valence-electron chi connectivity index (χ4n) is 1.37. The maximum Gasteiger partial charge on any atom is 0.00448 e. The van der Waals surface area contributed by atoms with Crippen molar-refractivity contribution in [1.82, 2.24) is 4.90 Å². The molecular weight excluding hydrogens is 172 g/mol. The molecule has 14 heavy (non-hydrogen) atoms. The Balaban J connectivity index is 3.96. The van der Waals surface area contributed by atoms with Crippen molar-refractivity contribution in [2.75, 3.05) is 26.2 Å². The monoisotopic (exact) mass is 198 g/mol. The molecule has 2 heteroatoms. The predicted molar refractivity (Wildman–Crippen MR) is 64.4 cm³/mol. The van der Waals surface area contributed by atoms with Crippen LogP contribution in [0.3, 0.4) is 0 Å². The molecule has 2 nitrogen and oxygen atoms in total. The Labute approximate surface area is 89.2 Å². The van der Waals surface area contributed by atoms with Crippen LogP contribution in [-0.4, -0.2) is 31.1 Å². The van der Waals surface area contributed by atoms with Crippen molar-refractivity contribution in [2.24, 2.45) is 11.1 Å². The molecule has 0 spiro atoms. The van der Waals surface area contributed by atoms with E-state index in [4.69, 9.17) is 5.73 Å². The van der Waals surface area contributed by atoms with Gasteiger partial charge in [-0.3, -0.25) is 0 Å². The van der Waals surface area contributed by atoms with E-state index in [1.165, 1.54) is 5.57 Å². The fraction of sp³-hybridized carbons (Fsp3) is 0.833. The van der Waals surface area contributed by atoms with E-state index in [2.05, 4.69) is 39.2 Å². The second-order valence-corrected chi connectivity index (χ2v) is 4.94. The predicted octanol–water partition coefficient (Wildman–Crippen LogP) is 2.26. The summed E-state index contributed by atoms with van der Waals surface area (Å²) >= 11 is 0. The molecule has 0 aromatic rings. The topological polar surface area (TPSA) is 29.3 Å². The van der Waals surface area contributed by atoms with Gasteiger partial charge >= 0.3 is 0 Å². The van der Waals surface area contributed by atoms with E-state index in [0.717, 1.165) is 32.6 Å². The van der Waals surface area contributed by atoms with Gasteiger partial charge < -0.3 is 10.6 Å². The molecule has 0 radical (unpaired) electrons. The summed E-state index contributed by atoms with van der Waals surface area (Å²) in [6, 6.07) is 0. The van der Waals surface area contributed by atoms with Gasteiger partial charge in [-0.05, 0) is 31.8 Å². The zero-order valence-corrected chi connectivity index (χ0v) is 10.3. The van der Waals surface area contributed by atoms with Gasteiger partial charge in [-0.2, -0.15) is 0 Å². The Kier molecular flexibility index (Phi) is 6.05. The SMILES string of the molecule is C=C(C)CCN(CC)CC(C)(C)CN. The molecule has 2 N–H and O–H groups in total. The maximum atomic E-state index is 5.72. The Morgan fingerprint density at radius 3 is 2.36 bits per heavy atom. The van der Waals surface area contributed by atoms with Crippen molar-refractivity contribution in [3.8, 4) is 0 Å². The summed E-state index contributed by atoms with van der Waals surface area (Å²) in [4.78, 5) is 2.45. The summed E-state index contributed by atoms with van der Waals surface area (Å²) in [6.07, 6.45) is 1.09. The third-order valence-corrected chi connectivity index (χ3v) is 2.51. The van der Waals surface area contributed by atoms with Gasteiger partial charge in [0.2, 0.25) is 0 Å². The molecule has 0 fully saturated rings. The average Bonchev–Trinajstić information content (AvgIpc) is 2.12. The first-order chi connectivity index (χ1) is 6.41. The van der Waals surface area contributed by atoms with Crippen molar-refractivity contribution < 1.29 is 0 Å². The van der Waals surface area contributed by atoms with E-state index in [0.29, 0.717) is 0 Å². The third kappa shape index (κ3) is 6.17. The zero-order chi connectivity index (χ0) is 11.2. The lowest BCUT2D eigenvalue weighted by Crippen LogP contribution is -2.39. The summed E-state index contributed by atoms with van der Waals surface area (Å²) in [5, 5.41) is 0. The molecule has 0 rings (SSSR count). The van der Waals surface area contributed by atoms with Gasteiger partial charge in [0.25, 0.3) is 0 Å². The van der Waals surface area contributed by atoms with Crippen LogP contribution in [-0.2, 0) is 0 Å². The molecule has 0 aromatic heterocycles. The highest BCUT2D eigenvalue weighted by Gasteiger charge is 2.18. The van der Waals surface area contributed by atoms with E-state index in [1.54, 1.807) is 0 Å². The lowest BCUT2D eigenvalue weighted by molar-refractivity contribution is 0.192. The summed E-state index contributed by atoms with van der Waals surface area (Å²) in [7, 11) is 0. The normalized spacial score (nSPS) is 12.1. The first kappa shape index (κ1) is 13.7. The van der Waals surface area contributed by atoms with Gasteiger partial charge in [0.1, 0.15) is 0 Å². The number of hydrogen-bond donors (Lipinski definition) is 1. The molecule has 0 bridgehead atoms. The second kappa shape index (κ2) is 6.20. The van der Waals surface area contributed by atoms with Crippen LogP contribution in [0.25, 0.3) is 0 Å². The molecule has 0 atom stereocenters. The number of hydrogen-bond acceptors (Lipinski definition) is 2. The molecule has 0 heterocycles. The van der Waals surface area contributed by atoms with Gasteiger partial charge in [0, 0.05) is 13.1 Å². The van der Waals surface area contributed by atoms with Crippen LogP contribution < -0.4 is 5.73 Å².